The lowest BCUT2D eigenvalue weighted by molar-refractivity contribution is 0.1000. The van der Waals surface area contributed by atoms with E-state index in [4.69, 9.17) is 5.73 Å². The molecule has 1 amide bonds. The summed E-state index contributed by atoms with van der Waals surface area (Å²) in [6.45, 7) is 0. The molecule has 4 heteroatoms. The van der Waals surface area contributed by atoms with Crippen molar-refractivity contribution in [1.82, 2.24) is 4.98 Å². The first-order chi connectivity index (χ1) is 4.30. The van der Waals surface area contributed by atoms with E-state index in [2.05, 4.69) is 4.98 Å². The van der Waals surface area contributed by atoms with Crippen LogP contribution in [0.2, 0.25) is 0 Å². The molecule has 0 atom stereocenters. The van der Waals surface area contributed by atoms with Gasteiger partial charge in [0.1, 0.15) is 0 Å². The Morgan fingerprint density at radius 1 is 1.60 bits per heavy atom. The molecule has 0 saturated heterocycles. The molecular formula is C6H6N2OSi. The van der Waals surface area contributed by atoms with Crippen LogP contribution in [0.1, 0.15) is 10.4 Å². The quantitative estimate of drug-likeness (QED) is 0.564. The lowest BCUT2D eigenvalue weighted by atomic mass is 10.3. The van der Waals surface area contributed by atoms with Crippen LogP contribution in [0.25, 0.3) is 0 Å². The maximum absolute atomic E-state index is 10.4. The summed E-state index contributed by atoms with van der Waals surface area (Å²) in [5.41, 5.74) is 5.38. The molecule has 4 radical (unpaired) electrons. The molecule has 1 heterocycles. The Morgan fingerprint density at radius 3 is 2.60 bits per heavy atom. The van der Waals surface area contributed by atoms with E-state index in [0.29, 0.717) is 5.56 Å². The van der Waals surface area contributed by atoms with Gasteiger partial charge in [0, 0.05) is 23.4 Å². The third-order valence-electron chi connectivity index (χ3n) is 0.946. The SMILES string of the molecule is NC(=O)c1cccnc1.[Si]. The largest absolute Gasteiger partial charge is 0.366 e. The van der Waals surface area contributed by atoms with Gasteiger partial charge < -0.3 is 5.73 Å². The molecule has 0 saturated carbocycles. The molecule has 0 aliphatic heterocycles. The Labute approximate surface area is 63.3 Å². The minimum atomic E-state index is -0.442. The molecule has 1 rings (SSSR count). The highest BCUT2D eigenvalue weighted by Gasteiger charge is 1.94. The Balaban J connectivity index is 0.000000810. The zero-order valence-corrected chi connectivity index (χ0v) is 6.24. The lowest BCUT2D eigenvalue weighted by Crippen LogP contribution is -2.10. The molecule has 3 nitrogen and oxygen atoms in total. The van der Waals surface area contributed by atoms with Crippen molar-refractivity contribution in [1.29, 1.82) is 0 Å². The summed E-state index contributed by atoms with van der Waals surface area (Å²) in [6.07, 6.45) is 3.02. The number of amides is 1. The number of rotatable bonds is 1. The highest BCUT2D eigenvalue weighted by molar-refractivity contribution is 5.92. The van der Waals surface area contributed by atoms with Crippen LogP contribution in [0, 0.1) is 0 Å². The summed E-state index contributed by atoms with van der Waals surface area (Å²) in [4.78, 5) is 14.1. The summed E-state index contributed by atoms with van der Waals surface area (Å²) in [7, 11) is 0. The van der Waals surface area contributed by atoms with Crippen LogP contribution in [0.3, 0.4) is 0 Å². The molecule has 10 heavy (non-hydrogen) atoms. The molecule has 0 spiro atoms. The van der Waals surface area contributed by atoms with E-state index in [9.17, 15) is 4.79 Å². The maximum atomic E-state index is 10.4. The van der Waals surface area contributed by atoms with Crippen LogP contribution in [0.15, 0.2) is 24.5 Å². The van der Waals surface area contributed by atoms with Crippen molar-refractivity contribution in [3.05, 3.63) is 30.1 Å². The van der Waals surface area contributed by atoms with Crippen LogP contribution in [-0.4, -0.2) is 21.9 Å². The Morgan fingerprint density at radius 2 is 2.30 bits per heavy atom. The van der Waals surface area contributed by atoms with Gasteiger partial charge in [-0.2, -0.15) is 0 Å². The van der Waals surface area contributed by atoms with Gasteiger partial charge >= 0.3 is 0 Å². The third-order valence-corrected chi connectivity index (χ3v) is 0.946. The molecule has 0 unspecified atom stereocenters. The summed E-state index contributed by atoms with van der Waals surface area (Å²) in [5, 5.41) is 0. The van der Waals surface area contributed by atoms with Crippen LogP contribution in [-0.2, 0) is 0 Å². The molecule has 1 aromatic rings. The van der Waals surface area contributed by atoms with Crippen molar-refractivity contribution >= 4 is 16.9 Å². The van der Waals surface area contributed by atoms with E-state index < -0.39 is 5.91 Å². The monoisotopic (exact) mass is 150 g/mol. The van der Waals surface area contributed by atoms with Gasteiger partial charge in [0.2, 0.25) is 5.91 Å². The number of hydrogen-bond donors (Lipinski definition) is 1. The number of hydrogen-bond acceptors (Lipinski definition) is 2. The third kappa shape index (κ3) is 1.98. The average Bonchev–Trinajstić information content (AvgIpc) is 1.90. The van der Waals surface area contributed by atoms with Crippen LogP contribution < -0.4 is 5.73 Å². The molecule has 0 fully saturated rings. The smallest absolute Gasteiger partial charge is 0.250 e. The number of nitrogens with zero attached hydrogens (tertiary/aromatic N) is 1. The molecule has 0 bridgehead atoms. The first-order valence-corrected chi connectivity index (χ1v) is 2.50. The Bertz CT molecular complexity index is 212. The fourth-order valence-corrected chi connectivity index (χ4v) is 0.509. The number of nitrogens with two attached hydrogens (primary N) is 1. The second kappa shape index (κ2) is 3.79. The van der Waals surface area contributed by atoms with Gasteiger partial charge in [0.05, 0.1) is 5.56 Å². The summed E-state index contributed by atoms with van der Waals surface area (Å²) < 4.78 is 0. The normalized spacial score (nSPS) is 8.00. The maximum Gasteiger partial charge on any atom is 0.250 e. The Hall–Kier alpha value is -1.16. The molecule has 0 aromatic carbocycles. The fraction of sp³-hybridized carbons (Fsp3) is 0. The van der Waals surface area contributed by atoms with E-state index in [1.165, 1.54) is 6.20 Å². The number of aromatic nitrogens is 1. The van der Waals surface area contributed by atoms with Gasteiger partial charge in [-0.1, -0.05) is 0 Å². The number of pyridine rings is 1. The van der Waals surface area contributed by atoms with Crippen molar-refractivity contribution in [2.24, 2.45) is 5.73 Å². The van der Waals surface area contributed by atoms with E-state index in [0.717, 1.165) is 0 Å². The van der Waals surface area contributed by atoms with Crippen molar-refractivity contribution in [3.8, 4) is 0 Å². The topological polar surface area (TPSA) is 56.0 Å². The zero-order chi connectivity index (χ0) is 6.69. The highest BCUT2D eigenvalue weighted by Crippen LogP contribution is 1.91. The first-order valence-electron chi connectivity index (χ1n) is 2.50. The van der Waals surface area contributed by atoms with Crippen molar-refractivity contribution in [2.75, 3.05) is 0 Å². The van der Waals surface area contributed by atoms with Gasteiger partial charge in [0.25, 0.3) is 0 Å². The van der Waals surface area contributed by atoms with E-state index in [-0.39, 0.29) is 11.0 Å². The molecule has 50 valence electrons. The van der Waals surface area contributed by atoms with Crippen molar-refractivity contribution in [2.45, 2.75) is 0 Å². The number of primary amides is 1. The molecule has 1 aromatic heterocycles. The number of carbonyl (C=O) groups excluding carboxylic acids is 1. The summed E-state index contributed by atoms with van der Waals surface area (Å²) in [5.74, 6) is -0.442. The first kappa shape index (κ1) is 8.84. The second-order valence-corrected chi connectivity index (χ2v) is 1.61. The van der Waals surface area contributed by atoms with E-state index in [1.807, 2.05) is 0 Å². The number of carbonyl (C=O) groups is 1. The van der Waals surface area contributed by atoms with E-state index in [1.54, 1.807) is 18.3 Å². The van der Waals surface area contributed by atoms with Crippen LogP contribution in [0.5, 0.6) is 0 Å². The fourth-order valence-electron chi connectivity index (χ4n) is 0.509. The van der Waals surface area contributed by atoms with Crippen molar-refractivity contribution < 1.29 is 4.79 Å². The minimum absolute atomic E-state index is 0. The zero-order valence-electron chi connectivity index (χ0n) is 5.24. The van der Waals surface area contributed by atoms with Crippen LogP contribution >= 0.6 is 0 Å². The molecule has 0 aliphatic carbocycles. The Kier molecular flexibility index (Phi) is 3.35. The molecule has 2 N–H and O–H groups in total. The van der Waals surface area contributed by atoms with Gasteiger partial charge in [-0.15, -0.1) is 0 Å². The van der Waals surface area contributed by atoms with Crippen molar-refractivity contribution in [3.63, 3.8) is 0 Å². The van der Waals surface area contributed by atoms with E-state index >= 15 is 0 Å². The van der Waals surface area contributed by atoms with Gasteiger partial charge in [0.15, 0.2) is 0 Å². The molecule has 0 aliphatic rings. The highest BCUT2D eigenvalue weighted by atomic mass is 28.1. The van der Waals surface area contributed by atoms with Gasteiger partial charge in [-0.05, 0) is 12.1 Å². The van der Waals surface area contributed by atoms with Crippen LogP contribution in [0.4, 0.5) is 0 Å². The predicted octanol–water partition coefficient (Wildman–Crippen LogP) is -0.200. The predicted molar refractivity (Wildman–Crippen MR) is 38.5 cm³/mol. The molecular weight excluding hydrogens is 144 g/mol. The summed E-state index contributed by atoms with van der Waals surface area (Å²) >= 11 is 0. The minimum Gasteiger partial charge on any atom is -0.366 e. The van der Waals surface area contributed by atoms with Gasteiger partial charge in [-0.3, -0.25) is 9.78 Å². The average molecular weight is 150 g/mol. The standard InChI is InChI=1S/C6H6N2O.Si/c7-6(9)5-2-1-3-8-4-5;/h1-4H,(H2,7,9);. The summed E-state index contributed by atoms with van der Waals surface area (Å²) in [6, 6.07) is 3.29. The lowest BCUT2D eigenvalue weighted by Gasteiger charge is -1.88. The van der Waals surface area contributed by atoms with Gasteiger partial charge in [-0.25, -0.2) is 0 Å². The second-order valence-electron chi connectivity index (χ2n) is 1.61.